The second-order valence-corrected chi connectivity index (χ2v) is 6.47. The minimum Gasteiger partial charge on any atom is -0.384 e. The molecule has 1 aliphatic heterocycles. The molecule has 3 N–H and O–H groups in total. The van der Waals surface area contributed by atoms with Crippen molar-refractivity contribution in [3.05, 3.63) is 35.1 Å². The highest BCUT2D eigenvalue weighted by Gasteiger charge is 2.19. The van der Waals surface area contributed by atoms with Crippen LogP contribution in [0.5, 0.6) is 0 Å². The predicted octanol–water partition coefficient (Wildman–Crippen LogP) is 3.37. The van der Waals surface area contributed by atoms with Crippen LogP contribution in [0.15, 0.2) is 18.2 Å². The first-order chi connectivity index (χ1) is 9.95. The van der Waals surface area contributed by atoms with E-state index < -0.39 is 0 Å². The van der Waals surface area contributed by atoms with E-state index in [2.05, 4.69) is 18.7 Å². The van der Waals surface area contributed by atoms with Crippen LogP contribution in [-0.2, 0) is 6.54 Å². The molecule has 0 spiro atoms. The Morgan fingerprint density at radius 2 is 2.10 bits per heavy atom. The maximum atomic E-state index is 13.6. The first kappa shape index (κ1) is 16.0. The normalized spacial score (nSPS) is 20.5. The van der Waals surface area contributed by atoms with E-state index in [0.29, 0.717) is 5.56 Å². The molecule has 0 radical (unpaired) electrons. The molecule has 3 nitrogen and oxygen atoms in total. The molecule has 0 aromatic heterocycles. The standard InChI is InChI=1S/C17H26FN3/c1-12(2)14-4-3-6-21(7-5-14)11-13-8-15(17(19)20)10-16(18)9-13/h8-10,12,14H,3-7,11H2,1-2H3,(H3,19,20). The van der Waals surface area contributed by atoms with Crippen LogP contribution >= 0.6 is 0 Å². The Kier molecular flexibility index (Phi) is 5.34. The third-order valence-corrected chi connectivity index (χ3v) is 4.48. The molecule has 0 amide bonds. The number of rotatable bonds is 4. The zero-order chi connectivity index (χ0) is 15.4. The molecule has 116 valence electrons. The van der Waals surface area contributed by atoms with Gasteiger partial charge in [0.25, 0.3) is 0 Å². The summed E-state index contributed by atoms with van der Waals surface area (Å²) >= 11 is 0. The zero-order valence-electron chi connectivity index (χ0n) is 13.0. The fraction of sp³-hybridized carbons (Fsp3) is 0.588. The van der Waals surface area contributed by atoms with E-state index in [1.807, 2.05) is 6.07 Å². The van der Waals surface area contributed by atoms with Gasteiger partial charge in [-0.25, -0.2) is 4.39 Å². The van der Waals surface area contributed by atoms with Gasteiger partial charge in [0, 0.05) is 12.1 Å². The number of nitrogen functional groups attached to an aromatic ring is 1. The summed E-state index contributed by atoms with van der Waals surface area (Å²) in [5, 5.41) is 7.45. The summed E-state index contributed by atoms with van der Waals surface area (Å²) in [4.78, 5) is 2.39. The van der Waals surface area contributed by atoms with Crippen molar-refractivity contribution in [2.75, 3.05) is 13.1 Å². The Morgan fingerprint density at radius 3 is 2.76 bits per heavy atom. The van der Waals surface area contributed by atoms with Gasteiger partial charge in [-0.1, -0.05) is 13.8 Å². The van der Waals surface area contributed by atoms with E-state index >= 15 is 0 Å². The molecule has 0 bridgehead atoms. The van der Waals surface area contributed by atoms with Crippen LogP contribution in [0.3, 0.4) is 0 Å². The molecule has 1 saturated heterocycles. The van der Waals surface area contributed by atoms with Crippen molar-refractivity contribution in [1.82, 2.24) is 4.90 Å². The van der Waals surface area contributed by atoms with Crippen LogP contribution in [0.2, 0.25) is 0 Å². The summed E-state index contributed by atoms with van der Waals surface area (Å²) in [6.45, 7) is 7.46. The number of benzene rings is 1. The Bertz CT molecular complexity index is 499. The average Bonchev–Trinajstić information content (AvgIpc) is 2.63. The van der Waals surface area contributed by atoms with Crippen molar-refractivity contribution in [3.63, 3.8) is 0 Å². The molecule has 21 heavy (non-hydrogen) atoms. The lowest BCUT2D eigenvalue weighted by Crippen LogP contribution is -2.25. The fourth-order valence-corrected chi connectivity index (χ4v) is 3.16. The number of nitrogens with zero attached hydrogens (tertiary/aromatic N) is 1. The molecule has 1 atom stereocenters. The summed E-state index contributed by atoms with van der Waals surface area (Å²) in [7, 11) is 0. The number of nitrogens with one attached hydrogen (secondary N) is 1. The lowest BCUT2D eigenvalue weighted by molar-refractivity contribution is 0.264. The van der Waals surface area contributed by atoms with E-state index in [1.54, 1.807) is 6.07 Å². The molecule has 1 aliphatic rings. The summed E-state index contributed by atoms with van der Waals surface area (Å²) in [5.74, 6) is 1.15. The third-order valence-electron chi connectivity index (χ3n) is 4.48. The van der Waals surface area contributed by atoms with Gasteiger partial charge in [-0.3, -0.25) is 10.3 Å². The minimum absolute atomic E-state index is 0.0773. The van der Waals surface area contributed by atoms with Gasteiger partial charge in [-0.15, -0.1) is 0 Å². The number of hydrogen-bond acceptors (Lipinski definition) is 2. The monoisotopic (exact) mass is 291 g/mol. The molecule has 4 heteroatoms. The predicted molar refractivity (Wildman–Crippen MR) is 84.9 cm³/mol. The van der Waals surface area contributed by atoms with Crippen LogP contribution in [0.1, 0.15) is 44.2 Å². The maximum Gasteiger partial charge on any atom is 0.124 e. The molecular formula is C17H26FN3. The Balaban J connectivity index is 2.03. The van der Waals surface area contributed by atoms with E-state index in [1.165, 1.54) is 25.3 Å². The van der Waals surface area contributed by atoms with Crippen LogP contribution in [0.4, 0.5) is 4.39 Å². The molecule has 0 aliphatic carbocycles. The SMILES string of the molecule is CC(C)C1CCCN(Cc2cc(F)cc(C(=N)N)c2)CC1. The highest BCUT2D eigenvalue weighted by molar-refractivity contribution is 5.95. The van der Waals surface area contributed by atoms with E-state index in [9.17, 15) is 4.39 Å². The van der Waals surface area contributed by atoms with Gasteiger partial charge in [0.2, 0.25) is 0 Å². The highest BCUT2D eigenvalue weighted by atomic mass is 19.1. The first-order valence-electron chi connectivity index (χ1n) is 7.82. The summed E-state index contributed by atoms with van der Waals surface area (Å²) in [6, 6.07) is 4.70. The third kappa shape index (κ3) is 4.53. The molecule has 1 aromatic carbocycles. The first-order valence-corrected chi connectivity index (χ1v) is 7.82. The number of amidine groups is 1. The second kappa shape index (κ2) is 7.03. The minimum atomic E-state index is -0.312. The quantitative estimate of drug-likeness (QED) is 0.660. The van der Waals surface area contributed by atoms with E-state index in [4.69, 9.17) is 11.1 Å². The summed E-state index contributed by atoms with van der Waals surface area (Å²) in [6.07, 6.45) is 3.71. The van der Waals surface area contributed by atoms with Crippen molar-refractivity contribution in [3.8, 4) is 0 Å². The van der Waals surface area contributed by atoms with E-state index in [0.717, 1.165) is 37.0 Å². The number of halogens is 1. The molecule has 0 saturated carbocycles. The number of likely N-dealkylation sites (tertiary alicyclic amines) is 1. The lowest BCUT2D eigenvalue weighted by Gasteiger charge is -2.21. The van der Waals surface area contributed by atoms with Gasteiger partial charge in [-0.05, 0) is 68.0 Å². The fourth-order valence-electron chi connectivity index (χ4n) is 3.16. The molecule has 1 unspecified atom stereocenters. The molecule has 1 aromatic rings. The summed E-state index contributed by atoms with van der Waals surface area (Å²) in [5.41, 5.74) is 6.84. The second-order valence-electron chi connectivity index (χ2n) is 6.47. The number of nitrogens with two attached hydrogens (primary N) is 1. The smallest absolute Gasteiger partial charge is 0.124 e. The lowest BCUT2D eigenvalue weighted by atomic mass is 9.89. The van der Waals surface area contributed by atoms with Crippen LogP contribution in [0, 0.1) is 23.1 Å². The van der Waals surface area contributed by atoms with Crippen molar-refractivity contribution in [2.24, 2.45) is 17.6 Å². The van der Waals surface area contributed by atoms with Crippen molar-refractivity contribution in [2.45, 2.75) is 39.7 Å². The Morgan fingerprint density at radius 1 is 1.33 bits per heavy atom. The van der Waals surface area contributed by atoms with Crippen molar-refractivity contribution < 1.29 is 4.39 Å². The average molecular weight is 291 g/mol. The molecule has 1 heterocycles. The largest absolute Gasteiger partial charge is 0.384 e. The summed E-state index contributed by atoms with van der Waals surface area (Å²) < 4.78 is 13.6. The van der Waals surface area contributed by atoms with Gasteiger partial charge < -0.3 is 5.73 Å². The molecule has 1 fully saturated rings. The maximum absolute atomic E-state index is 13.6. The van der Waals surface area contributed by atoms with Crippen LogP contribution < -0.4 is 5.73 Å². The molecule has 2 rings (SSSR count). The van der Waals surface area contributed by atoms with E-state index in [-0.39, 0.29) is 11.7 Å². The number of hydrogen-bond donors (Lipinski definition) is 2. The zero-order valence-corrected chi connectivity index (χ0v) is 13.0. The Labute approximate surface area is 126 Å². The van der Waals surface area contributed by atoms with Gasteiger partial charge in [0.1, 0.15) is 11.7 Å². The van der Waals surface area contributed by atoms with Crippen LogP contribution in [-0.4, -0.2) is 23.8 Å². The van der Waals surface area contributed by atoms with Gasteiger partial charge in [0.05, 0.1) is 0 Å². The Hall–Kier alpha value is -1.42. The molecular weight excluding hydrogens is 265 g/mol. The van der Waals surface area contributed by atoms with Gasteiger partial charge in [-0.2, -0.15) is 0 Å². The van der Waals surface area contributed by atoms with Crippen molar-refractivity contribution >= 4 is 5.84 Å². The van der Waals surface area contributed by atoms with Crippen LogP contribution in [0.25, 0.3) is 0 Å². The van der Waals surface area contributed by atoms with Gasteiger partial charge in [0.15, 0.2) is 0 Å². The van der Waals surface area contributed by atoms with Gasteiger partial charge >= 0.3 is 0 Å². The highest BCUT2D eigenvalue weighted by Crippen LogP contribution is 2.25. The van der Waals surface area contributed by atoms with Crippen molar-refractivity contribution in [1.29, 1.82) is 5.41 Å². The topological polar surface area (TPSA) is 53.1 Å².